The lowest BCUT2D eigenvalue weighted by Gasteiger charge is -2.00. The van der Waals surface area contributed by atoms with Gasteiger partial charge in [0.25, 0.3) is 0 Å². The summed E-state index contributed by atoms with van der Waals surface area (Å²) in [5.74, 6) is 0.698. The molecule has 17 heavy (non-hydrogen) atoms. The summed E-state index contributed by atoms with van der Waals surface area (Å²) in [6, 6.07) is 5.55. The minimum absolute atomic E-state index is 0.0594. The molecule has 1 heterocycles. The number of rotatable bonds is 4. The van der Waals surface area contributed by atoms with E-state index in [1.165, 1.54) is 0 Å². The molecule has 1 aromatic carbocycles. The molecule has 0 amide bonds. The van der Waals surface area contributed by atoms with Crippen LogP contribution in [-0.4, -0.2) is 22.2 Å². The van der Waals surface area contributed by atoms with Crippen LogP contribution in [0.1, 0.15) is 30.6 Å². The van der Waals surface area contributed by atoms with Crippen LogP contribution < -0.4 is 4.74 Å². The molecule has 90 valence electrons. The molecule has 2 aromatic rings. The van der Waals surface area contributed by atoms with E-state index < -0.39 is 0 Å². The molecule has 4 heteroatoms. The van der Waals surface area contributed by atoms with Crippen LogP contribution in [0.5, 0.6) is 5.88 Å². The molecule has 0 aliphatic carbocycles. The summed E-state index contributed by atoms with van der Waals surface area (Å²) in [5, 5.41) is 5.26. The lowest BCUT2D eigenvalue weighted by molar-refractivity contribution is 0.101. The summed E-state index contributed by atoms with van der Waals surface area (Å²) in [5.41, 5.74) is 1.62. The van der Waals surface area contributed by atoms with Crippen LogP contribution in [0.3, 0.4) is 0 Å². The predicted octanol–water partition coefficient (Wildman–Crippen LogP) is 2.56. The maximum Gasteiger partial charge on any atom is 0.240 e. The second kappa shape index (κ2) is 4.57. The third-order valence-electron chi connectivity index (χ3n) is 2.67. The van der Waals surface area contributed by atoms with Crippen molar-refractivity contribution in [1.82, 2.24) is 9.78 Å². The number of hydrogen-bond acceptors (Lipinski definition) is 3. The van der Waals surface area contributed by atoms with E-state index in [2.05, 4.69) is 12.0 Å². The van der Waals surface area contributed by atoms with E-state index >= 15 is 0 Å². The molecule has 1 aromatic heterocycles. The van der Waals surface area contributed by atoms with Gasteiger partial charge < -0.3 is 4.74 Å². The highest BCUT2D eigenvalue weighted by Crippen LogP contribution is 2.25. The first-order chi connectivity index (χ1) is 8.13. The molecule has 0 fully saturated rings. The fourth-order valence-electron chi connectivity index (χ4n) is 1.75. The Morgan fingerprint density at radius 2 is 2.24 bits per heavy atom. The van der Waals surface area contributed by atoms with Gasteiger partial charge >= 0.3 is 0 Å². The van der Waals surface area contributed by atoms with E-state index in [9.17, 15) is 4.79 Å². The van der Waals surface area contributed by atoms with E-state index in [0.717, 1.165) is 17.3 Å². The van der Waals surface area contributed by atoms with Gasteiger partial charge in [-0.15, -0.1) is 5.10 Å². The fourth-order valence-corrected chi connectivity index (χ4v) is 1.75. The molecular weight excluding hydrogens is 216 g/mol. The number of nitrogens with zero attached hydrogens (tertiary/aromatic N) is 2. The summed E-state index contributed by atoms with van der Waals surface area (Å²) in [7, 11) is 1.85. The Morgan fingerprint density at radius 3 is 2.88 bits per heavy atom. The standard InChI is InChI=1S/C13H16N2O2/c1-4-7-17-13-11-6-5-10(9(2)16)8-12(11)15(3)14-13/h5-6,8H,4,7H2,1-3H3. The van der Waals surface area contributed by atoms with Crippen LogP contribution in [0.4, 0.5) is 0 Å². The number of Topliss-reactive ketones (excluding diaryl/α,β-unsaturated/α-hetero) is 1. The van der Waals surface area contributed by atoms with Crippen LogP contribution in [-0.2, 0) is 7.05 Å². The SMILES string of the molecule is CCCOc1nn(C)c2cc(C(C)=O)ccc12. The number of aryl methyl sites for hydroxylation is 1. The number of carbonyl (C=O) groups is 1. The van der Waals surface area contributed by atoms with Gasteiger partial charge in [-0.1, -0.05) is 13.0 Å². The molecule has 0 radical (unpaired) electrons. The summed E-state index contributed by atoms with van der Waals surface area (Å²) in [6.45, 7) is 4.27. The highest BCUT2D eigenvalue weighted by molar-refractivity contribution is 5.98. The van der Waals surface area contributed by atoms with Crippen LogP contribution in [0.15, 0.2) is 18.2 Å². The number of ketones is 1. The van der Waals surface area contributed by atoms with Gasteiger partial charge in [0.2, 0.25) is 5.88 Å². The van der Waals surface area contributed by atoms with E-state index in [4.69, 9.17) is 4.74 Å². The van der Waals surface area contributed by atoms with Crippen LogP contribution in [0.25, 0.3) is 10.9 Å². The van der Waals surface area contributed by atoms with Gasteiger partial charge in [0, 0.05) is 12.6 Å². The van der Waals surface area contributed by atoms with Crippen LogP contribution >= 0.6 is 0 Å². The Kier molecular flexibility index (Phi) is 3.13. The molecule has 0 spiro atoms. The van der Waals surface area contributed by atoms with Gasteiger partial charge in [0.15, 0.2) is 5.78 Å². The maximum absolute atomic E-state index is 11.3. The van der Waals surface area contributed by atoms with E-state index in [1.54, 1.807) is 11.6 Å². The van der Waals surface area contributed by atoms with Crippen molar-refractivity contribution >= 4 is 16.7 Å². The first kappa shape index (κ1) is 11.6. The molecule has 0 saturated carbocycles. The molecule has 2 rings (SSSR count). The molecule has 0 N–H and O–H groups in total. The Morgan fingerprint density at radius 1 is 1.47 bits per heavy atom. The van der Waals surface area contributed by atoms with Crippen molar-refractivity contribution < 1.29 is 9.53 Å². The van der Waals surface area contributed by atoms with Crippen LogP contribution in [0, 0.1) is 0 Å². The molecule has 0 aliphatic rings. The highest BCUT2D eigenvalue weighted by Gasteiger charge is 2.11. The number of aromatic nitrogens is 2. The molecule has 0 saturated heterocycles. The quantitative estimate of drug-likeness (QED) is 0.761. The maximum atomic E-state index is 11.3. The summed E-state index contributed by atoms with van der Waals surface area (Å²) in [6.07, 6.45) is 0.948. The Bertz CT molecular complexity index is 558. The molecule has 4 nitrogen and oxygen atoms in total. The fraction of sp³-hybridized carbons (Fsp3) is 0.385. The average Bonchev–Trinajstić information content (AvgIpc) is 2.63. The van der Waals surface area contributed by atoms with Gasteiger partial charge in [0.05, 0.1) is 17.5 Å². The number of benzene rings is 1. The third-order valence-corrected chi connectivity index (χ3v) is 2.67. The van der Waals surface area contributed by atoms with Crippen molar-refractivity contribution in [2.45, 2.75) is 20.3 Å². The average molecular weight is 232 g/mol. The zero-order valence-corrected chi connectivity index (χ0v) is 10.4. The van der Waals surface area contributed by atoms with Gasteiger partial charge in [-0.2, -0.15) is 0 Å². The molecule has 0 aliphatic heterocycles. The Balaban J connectivity index is 2.49. The smallest absolute Gasteiger partial charge is 0.240 e. The van der Waals surface area contributed by atoms with Crippen molar-refractivity contribution in [2.24, 2.45) is 7.05 Å². The Hall–Kier alpha value is -1.84. The third kappa shape index (κ3) is 2.16. The van der Waals surface area contributed by atoms with Gasteiger partial charge in [-0.25, -0.2) is 0 Å². The van der Waals surface area contributed by atoms with Crippen LogP contribution in [0.2, 0.25) is 0 Å². The second-order valence-corrected chi connectivity index (χ2v) is 4.07. The van der Waals surface area contributed by atoms with E-state index in [0.29, 0.717) is 18.1 Å². The topological polar surface area (TPSA) is 44.1 Å². The minimum Gasteiger partial charge on any atom is -0.476 e. The molecule has 0 unspecified atom stereocenters. The number of fused-ring (bicyclic) bond motifs is 1. The first-order valence-electron chi connectivity index (χ1n) is 5.74. The zero-order valence-electron chi connectivity index (χ0n) is 10.4. The monoisotopic (exact) mass is 232 g/mol. The van der Waals surface area contributed by atoms with Gasteiger partial charge in [-0.3, -0.25) is 9.48 Å². The van der Waals surface area contributed by atoms with E-state index in [1.807, 2.05) is 25.2 Å². The number of ether oxygens (including phenoxy) is 1. The molecule has 0 atom stereocenters. The lowest BCUT2D eigenvalue weighted by Crippen LogP contribution is -1.96. The zero-order chi connectivity index (χ0) is 12.4. The number of carbonyl (C=O) groups excluding carboxylic acids is 1. The van der Waals surface area contributed by atoms with Crippen molar-refractivity contribution in [3.8, 4) is 5.88 Å². The first-order valence-corrected chi connectivity index (χ1v) is 5.74. The summed E-state index contributed by atoms with van der Waals surface area (Å²) >= 11 is 0. The van der Waals surface area contributed by atoms with Crippen molar-refractivity contribution in [3.63, 3.8) is 0 Å². The second-order valence-electron chi connectivity index (χ2n) is 4.07. The van der Waals surface area contributed by atoms with Crippen molar-refractivity contribution in [1.29, 1.82) is 0 Å². The Labute approximate surface area is 100 Å². The minimum atomic E-state index is 0.0594. The van der Waals surface area contributed by atoms with E-state index in [-0.39, 0.29) is 5.78 Å². The molecule has 0 bridgehead atoms. The predicted molar refractivity (Wildman–Crippen MR) is 66.5 cm³/mol. The summed E-state index contributed by atoms with van der Waals surface area (Å²) in [4.78, 5) is 11.3. The molecular formula is C13H16N2O2. The van der Waals surface area contributed by atoms with Gasteiger partial charge in [-0.05, 0) is 25.5 Å². The highest BCUT2D eigenvalue weighted by atomic mass is 16.5. The number of hydrogen-bond donors (Lipinski definition) is 0. The normalized spacial score (nSPS) is 10.8. The van der Waals surface area contributed by atoms with Crippen molar-refractivity contribution in [3.05, 3.63) is 23.8 Å². The summed E-state index contributed by atoms with van der Waals surface area (Å²) < 4.78 is 7.32. The van der Waals surface area contributed by atoms with Gasteiger partial charge in [0.1, 0.15) is 0 Å². The van der Waals surface area contributed by atoms with Crippen molar-refractivity contribution in [2.75, 3.05) is 6.61 Å². The lowest BCUT2D eigenvalue weighted by atomic mass is 10.1. The largest absolute Gasteiger partial charge is 0.476 e.